The number of hydrogen-bond acceptors (Lipinski definition) is 8. The first-order valence-corrected chi connectivity index (χ1v) is 15.3. The molecular weight excluding hydrogens is 634 g/mol. The number of nitrogens with zero attached hydrogens (tertiary/aromatic N) is 4. The summed E-state index contributed by atoms with van der Waals surface area (Å²) in [7, 11) is 0. The van der Waals surface area contributed by atoms with Crippen LogP contribution in [-0.2, 0) is 25.5 Å². The van der Waals surface area contributed by atoms with E-state index in [2.05, 4.69) is 31.5 Å². The van der Waals surface area contributed by atoms with Crippen molar-refractivity contribution in [3.63, 3.8) is 0 Å². The predicted octanol–water partition coefficient (Wildman–Crippen LogP) is 5.24. The summed E-state index contributed by atoms with van der Waals surface area (Å²) in [5.74, 6) is -3.28. The Bertz CT molecular complexity index is 1930. The maximum absolute atomic E-state index is 13.7. The number of anilines is 2. The highest BCUT2D eigenvalue weighted by molar-refractivity contribution is 6.40. The van der Waals surface area contributed by atoms with Crippen LogP contribution in [0.2, 0.25) is 5.02 Å². The maximum atomic E-state index is 13.7. The van der Waals surface area contributed by atoms with Crippen LogP contribution < -0.4 is 16.0 Å². The van der Waals surface area contributed by atoms with Crippen molar-refractivity contribution in [2.24, 2.45) is 0 Å². The van der Waals surface area contributed by atoms with Crippen molar-refractivity contribution in [1.29, 1.82) is 0 Å². The average Bonchev–Trinajstić information content (AvgIpc) is 3.59. The van der Waals surface area contributed by atoms with Crippen molar-refractivity contribution in [2.75, 3.05) is 10.6 Å². The predicted molar refractivity (Wildman–Crippen MR) is 181 cm³/mol. The maximum Gasteiger partial charge on any atom is 0.338 e. The number of tetrazole rings is 1. The second kappa shape index (κ2) is 14.7. The first-order chi connectivity index (χ1) is 22.9. The number of carbonyl (C=O) groups is 4. The van der Waals surface area contributed by atoms with Crippen LogP contribution in [0.25, 0.3) is 16.8 Å². The number of hydrogen-bond donors (Lipinski definition) is 3. The van der Waals surface area contributed by atoms with E-state index in [1.165, 1.54) is 23.1 Å². The number of benzene rings is 4. The Balaban J connectivity index is 1.36. The standard InChI is InChI=1S/C35H32ClN7O5/c1-35(2,3)48-34(47)25-10-7-11-27(19-25)38-31(44)29(18-22-12-14-24(15-13-22)23-8-5-4-6-9-23)40-33(46)32(45)39-28-20-26(36)16-17-30(28)43-21-37-41-42-43/h4-17,19-21,29H,18H2,1-3H3,(H,38,44)(H,39,45)(H,40,46). The molecule has 0 spiro atoms. The second-order valence-electron chi connectivity index (χ2n) is 11.7. The summed E-state index contributed by atoms with van der Waals surface area (Å²) in [5.41, 5.74) is 3.09. The van der Waals surface area contributed by atoms with Crippen molar-refractivity contribution in [3.05, 3.63) is 120 Å². The van der Waals surface area contributed by atoms with Gasteiger partial charge in [-0.3, -0.25) is 14.4 Å². The molecule has 12 nitrogen and oxygen atoms in total. The smallest absolute Gasteiger partial charge is 0.338 e. The quantitative estimate of drug-likeness (QED) is 0.142. The van der Waals surface area contributed by atoms with E-state index in [1.807, 2.05) is 54.6 Å². The Morgan fingerprint density at radius 2 is 1.56 bits per heavy atom. The zero-order valence-corrected chi connectivity index (χ0v) is 27.1. The minimum Gasteiger partial charge on any atom is -0.456 e. The minimum atomic E-state index is -1.19. The molecule has 0 bridgehead atoms. The van der Waals surface area contributed by atoms with Crippen molar-refractivity contribution in [3.8, 4) is 16.8 Å². The molecule has 3 N–H and O–H groups in total. The van der Waals surface area contributed by atoms with Gasteiger partial charge in [0.15, 0.2) is 0 Å². The number of rotatable bonds is 9. The van der Waals surface area contributed by atoms with Gasteiger partial charge >= 0.3 is 17.8 Å². The first kappa shape index (κ1) is 33.5. The highest BCUT2D eigenvalue weighted by Gasteiger charge is 2.26. The molecule has 0 aliphatic heterocycles. The van der Waals surface area contributed by atoms with Crippen LogP contribution in [-0.4, -0.2) is 55.5 Å². The Labute approximate surface area is 281 Å². The van der Waals surface area contributed by atoms with Crippen LogP contribution in [0.1, 0.15) is 36.7 Å². The molecule has 1 heterocycles. The number of ether oxygens (including phenoxy) is 1. The fourth-order valence-electron chi connectivity index (χ4n) is 4.68. The number of amides is 3. The molecule has 5 rings (SSSR count). The molecule has 0 fully saturated rings. The molecule has 0 aliphatic carbocycles. The summed E-state index contributed by atoms with van der Waals surface area (Å²) in [6.07, 6.45) is 1.37. The van der Waals surface area contributed by atoms with Gasteiger partial charge in [0.1, 0.15) is 18.0 Å². The van der Waals surface area contributed by atoms with Gasteiger partial charge in [-0.15, -0.1) is 5.10 Å². The van der Waals surface area contributed by atoms with E-state index in [0.717, 1.165) is 16.7 Å². The fourth-order valence-corrected chi connectivity index (χ4v) is 4.85. The van der Waals surface area contributed by atoms with Crippen molar-refractivity contribution >= 4 is 46.7 Å². The summed E-state index contributed by atoms with van der Waals surface area (Å²) in [5, 5.41) is 19.2. The van der Waals surface area contributed by atoms with Crippen LogP contribution in [0, 0.1) is 0 Å². The molecule has 1 unspecified atom stereocenters. The lowest BCUT2D eigenvalue weighted by atomic mass is 10.00. The number of carbonyl (C=O) groups excluding carboxylic acids is 4. The topological polar surface area (TPSA) is 157 Å². The van der Waals surface area contributed by atoms with Gasteiger partial charge in [-0.25, -0.2) is 4.79 Å². The molecule has 3 amide bonds. The van der Waals surface area contributed by atoms with Crippen LogP contribution in [0.3, 0.4) is 0 Å². The van der Waals surface area contributed by atoms with Gasteiger partial charge in [-0.05, 0) is 84.3 Å². The Hall–Kier alpha value is -5.88. The van der Waals surface area contributed by atoms with E-state index in [9.17, 15) is 19.2 Å². The highest BCUT2D eigenvalue weighted by atomic mass is 35.5. The molecule has 4 aromatic carbocycles. The normalized spacial score (nSPS) is 11.7. The first-order valence-electron chi connectivity index (χ1n) is 14.9. The SMILES string of the molecule is CC(C)(C)OC(=O)c1cccc(NC(=O)C(Cc2ccc(-c3ccccc3)cc2)NC(=O)C(=O)Nc2cc(Cl)ccc2-n2cnnn2)c1. The molecule has 0 radical (unpaired) electrons. The summed E-state index contributed by atoms with van der Waals surface area (Å²) in [6.45, 7) is 5.27. The lowest BCUT2D eigenvalue weighted by Gasteiger charge is -2.20. The molecule has 0 saturated heterocycles. The van der Waals surface area contributed by atoms with E-state index in [1.54, 1.807) is 51.1 Å². The van der Waals surface area contributed by atoms with Gasteiger partial charge < -0.3 is 20.7 Å². The molecule has 244 valence electrons. The lowest BCUT2D eigenvalue weighted by Crippen LogP contribution is -2.49. The number of aromatic nitrogens is 4. The molecular formula is C35H32ClN7O5. The molecule has 1 atom stereocenters. The van der Waals surface area contributed by atoms with Gasteiger partial charge in [0.25, 0.3) is 0 Å². The summed E-state index contributed by atoms with van der Waals surface area (Å²) < 4.78 is 6.74. The third-order valence-corrected chi connectivity index (χ3v) is 7.13. The Kier molecular flexibility index (Phi) is 10.2. The van der Waals surface area contributed by atoms with Crippen LogP contribution >= 0.6 is 11.6 Å². The van der Waals surface area contributed by atoms with E-state index >= 15 is 0 Å². The van der Waals surface area contributed by atoms with Crippen molar-refractivity contribution < 1.29 is 23.9 Å². The molecule has 0 aliphatic rings. The Morgan fingerprint density at radius 1 is 0.833 bits per heavy atom. The summed E-state index contributed by atoms with van der Waals surface area (Å²) in [4.78, 5) is 52.7. The lowest BCUT2D eigenvalue weighted by molar-refractivity contribution is -0.137. The highest BCUT2D eigenvalue weighted by Crippen LogP contribution is 2.24. The van der Waals surface area contributed by atoms with Crippen LogP contribution in [0.4, 0.5) is 11.4 Å². The van der Waals surface area contributed by atoms with Gasteiger partial charge in [-0.2, -0.15) is 4.68 Å². The van der Waals surface area contributed by atoms with Crippen molar-refractivity contribution in [1.82, 2.24) is 25.5 Å². The summed E-state index contributed by atoms with van der Waals surface area (Å²) in [6, 6.07) is 27.0. The van der Waals surface area contributed by atoms with E-state index in [-0.39, 0.29) is 17.7 Å². The molecule has 5 aromatic rings. The van der Waals surface area contributed by atoms with E-state index < -0.39 is 35.3 Å². The fraction of sp³-hybridized carbons (Fsp3) is 0.171. The number of esters is 1. The summed E-state index contributed by atoms with van der Waals surface area (Å²) >= 11 is 6.15. The largest absolute Gasteiger partial charge is 0.456 e. The zero-order valence-electron chi connectivity index (χ0n) is 26.3. The van der Waals surface area contributed by atoms with Crippen molar-refractivity contribution in [2.45, 2.75) is 38.8 Å². The van der Waals surface area contributed by atoms with Crippen LogP contribution in [0.15, 0.2) is 103 Å². The van der Waals surface area contributed by atoms with Gasteiger partial charge in [0, 0.05) is 17.1 Å². The monoisotopic (exact) mass is 665 g/mol. The minimum absolute atomic E-state index is 0.0543. The average molecular weight is 666 g/mol. The number of halogens is 1. The molecule has 1 aromatic heterocycles. The zero-order chi connectivity index (χ0) is 34.3. The number of nitrogens with one attached hydrogen (secondary N) is 3. The second-order valence-corrected chi connectivity index (χ2v) is 12.2. The van der Waals surface area contributed by atoms with Gasteiger partial charge in [0.05, 0.1) is 16.9 Å². The third kappa shape index (κ3) is 8.89. The Morgan fingerprint density at radius 3 is 2.25 bits per heavy atom. The molecule has 13 heteroatoms. The third-order valence-electron chi connectivity index (χ3n) is 6.90. The van der Waals surface area contributed by atoms with Gasteiger partial charge in [0.2, 0.25) is 5.91 Å². The van der Waals surface area contributed by atoms with E-state index in [0.29, 0.717) is 16.4 Å². The van der Waals surface area contributed by atoms with E-state index in [4.69, 9.17) is 16.3 Å². The van der Waals surface area contributed by atoms with Crippen LogP contribution in [0.5, 0.6) is 0 Å². The molecule has 48 heavy (non-hydrogen) atoms. The molecule has 0 saturated carbocycles. The van der Waals surface area contributed by atoms with Gasteiger partial charge in [-0.1, -0.05) is 72.3 Å².